The number of ether oxygens (including phenoxy) is 1. The van der Waals surface area contributed by atoms with Gasteiger partial charge in [0.1, 0.15) is 17.5 Å². The average molecular weight is 478 g/mol. The molecule has 1 atom stereocenters. The number of likely N-dealkylation sites (N-methyl/N-ethyl adjacent to an activating group) is 1. The van der Waals surface area contributed by atoms with Gasteiger partial charge in [0.2, 0.25) is 5.91 Å². The molecule has 1 unspecified atom stereocenters. The predicted octanol–water partition coefficient (Wildman–Crippen LogP) is 3.01. The number of nitrogens with two attached hydrogens (primary N) is 1. The number of amides is 3. The van der Waals surface area contributed by atoms with Gasteiger partial charge in [-0.05, 0) is 73.9 Å². The molecule has 3 fully saturated rings. The number of carbonyl (C=O) groups excluding carboxylic acids is 2. The Morgan fingerprint density at radius 1 is 1.06 bits per heavy atom. The van der Waals surface area contributed by atoms with Gasteiger partial charge in [0.05, 0.1) is 7.11 Å². The Hall–Kier alpha value is -3.10. The third-order valence-corrected chi connectivity index (χ3v) is 8.08. The molecular formula is C27H35N5O3. The highest BCUT2D eigenvalue weighted by molar-refractivity contribution is 5.89. The smallest absolute Gasteiger partial charge is 0.331 e. The number of rotatable bonds is 6. The lowest BCUT2D eigenvalue weighted by atomic mass is 9.86. The van der Waals surface area contributed by atoms with Gasteiger partial charge in [0, 0.05) is 19.6 Å². The Bertz CT molecular complexity index is 1060. The fourth-order valence-corrected chi connectivity index (χ4v) is 5.74. The highest BCUT2D eigenvalue weighted by atomic mass is 16.5. The Kier molecular flexibility index (Phi) is 6.42. The summed E-state index contributed by atoms with van der Waals surface area (Å²) >= 11 is 0. The maximum Gasteiger partial charge on any atom is 0.331 e. The van der Waals surface area contributed by atoms with E-state index in [4.69, 9.17) is 10.6 Å². The molecule has 2 saturated heterocycles. The molecular weight excluding hydrogens is 442 g/mol. The van der Waals surface area contributed by atoms with Gasteiger partial charge in [0.25, 0.3) is 0 Å². The highest BCUT2D eigenvalue weighted by Crippen LogP contribution is 2.46. The topological polar surface area (TPSA) is 91.1 Å². The van der Waals surface area contributed by atoms with Crippen LogP contribution in [0.2, 0.25) is 0 Å². The zero-order valence-electron chi connectivity index (χ0n) is 20.6. The molecule has 2 aromatic rings. The number of piperidine rings is 1. The van der Waals surface area contributed by atoms with Crippen LogP contribution in [0.1, 0.15) is 54.5 Å². The maximum atomic E-state index is 14.0. The lowest BCUT2D eigenvalue weighted by Crippen LogP contribution is -2.58. The molecule has 2 aromatic carbocycles. The minimum Gasteiger partial charge on any atom is -0.497 e. The van der Waals surface area contributed by atoms with Gasteiger partial charge >= 0.3 is 6.03 Å². The fourth-order valence-electron chi connectivity index (χ4n) is 5.74. The zero-order chi connectivity index (χ0) is 24.6. The molecule has 1 spiro atoms. The number of hydrogen-bond acceptors (Lipinski definition) is 5. The van der Waals surface area contributed by atoms with E-state index in [0.717, 1.165) is 17.7 Å². The van der Waals surface area contributed by atoms with Crippen LogP contribution in [0.4, 0.5) is 4.79 Å². The normalized spacial score (nSPS) is 22.0. The van der Waals surface area contributed by atoms with Crippen molar-refractivity contribution in [1.82, 2.24) is 20.1 Å². The van der Waals surface area contributed by atoms with Crippen molar-refractivity contribution in [3.8, 4) is 5.75 Å². The monoisotopic (exact) mass is 477 g/mol. The molecule has 0 aromatic heterocycles. The van der Waals surface area contributed by atoms with Crippen LogP contribution >= 0.6 is 0 Å². The Labute approximate surface area is 207 Å². The summed E-state index contributed by atoms with van der Waals surface area (Å²) < 4.78 is 5.28. The summed E-state index contributed by atoms with van der Waals surface area (Å²) in [7, 11) is 3.72. The maximum absolute atomic E-state index is 14.0. The molecule has 35 heavy (non-hydrogen) atoms. The number of carbonyl (C=O) groups is 2. The molecule has 1 aliphatic carbocycles. The second kappa shape index (κ2) is 9.51. The molecule has 8 nitrogen and oxygen atoms in total. The standard InChI is InChI=1S/C27H35N5O3/c1-30-24(22-9-7-21(8-10-22)20-5-6-20)32(16-13-19-3-11-23(35-2)12-4-19)25(33)27(30)14-17-31(18-15-27)26(34)29-28/h3-4,7-12,20,24H,5-6,13-18,28H2,1-2H3,(H,29,34). The van der Waals surface area contributed by atoms with Crippen molar-refractivity contribution in [1.29, 1.82) is 0 Å². The molecule has 3 N–H and O–H groups in total. The van der Waals surface area contributed by atoms with Crippen LogP contribution < -0.4 is 16.0 Å². The van der Waals surface area contributed by atoms with Crippen LogP contribution in [-0.2, 0) is 11.2 Å². The van der Waals surface area contributed by atoms with Crippen LogP contribution in [0.3, 0.4) is 0 Å². The van der Waals surface area contributed by atoms with E-state index in [1.54, 1.807) is 12.0 Å². The van der Waals surface area contributed by atoms with E-state index in [9.17, 15) is 9.59 Å². The summed E-state index contributed by atoms with van der Waals surface area (Å²) in [4.78, 5) is 32.1. The van der Waals surface area contributed by atoms with E-state index in [1.165, 1.54) is 24.0 Å². The van der Waals surface area contributed by atoms with Gasteiger partial charge in [-0.2, -0.15) is 0 Å². The van der Waals surface area contributed by atoms with Crippen molar-refractivity contribution in [3.05, 3.63) is 65.2 Å². The fraction of sp³-hybridized carbons (Fsp3) is 0.481. The van der Waals surface area contributed by atoms with Gasteiger partial charge in [-0.3, -0.25) is 15.1 Å². The summed E-state index contributed by atoms with van der Waals surface area (Å²) in [6.45, 7) is 1.62. The molecule has 8 heteroatoms. The lowest BCUT2D eigenvalue weighted by Gasteiger charge is -2.41. The third kappa shape index (κ3) is 4.36. The van der Waals surface area contributed by atoms with E-state index >= 15 is 0 Å². The van der Waals surface area contributed by atoms with Gasteiger partial charge in [-0.1, -0.05) is 36.4 Å². The summed E-state index contributed by atoms with van der Waals surface area (Å²) in [5.41, 5.74) is 5.29. The van der Waals surface area contributed by atoms with Crippen molar-refractivity contribution in [2.45, 2.75) is 49.7 Å². The number of likely N-dealkylation sites (tertiary alicyclic amines) is 1. The number of urea groups is 1. The zero-order valence-corrected chi connectivity index (χ0v) is 20.6. The van der Waals surface area contributed by atoms with Crippen molar-refractivity contribution >= 4 is 11.9 Å². The lowest BCUT2D eigenvalue weighted by molar-refractivity contribution is -0.135. The number of methoxy groups -OCH3 is 1. The summed E-state index contributed by atoms with van der Waals surface area (Å²) in [5.74, 6) is 7.01. The summed E-state index contributed by atoms with van der Waals surface area (Å²) in [6.07, 6.45) is 4.34. The summed E-state index contributed by atoms with van der Waals surface area (Å²) in [6, 6.07) is 16.6. The Morgan fingerprint density at radius 3 is 2.26 bits per heavy atom. The van der Waals surface area contributed by atoms with E-state index in [2.05, 4.69) is 53.8 Å². The molecule has 1 saturated carbocycles. The second-order valence-electron chi connectivity index (χ2n) is 9.99. The minimum absolute atomic E-state index is 0.135. The summed E-state index contributed by atoms with van der Waals surface area (Å²) in [5, 5.41) is 0. The number of nitrogens with one attached hydrogen (secondary N) is 1. The number of benzene rings is 2. The third-order valence-electron chi connectivity index (χ3n) is 8.08. The molecule has 0 bridgehead atoms. The first-order valence-electron chi connectivity index (χ1n) is 12.5. The van der Waals surface area contributed by atoms with E-state index < -0.39 is 5.54 Å². The van der Waals surface area contributed by atoms with Crippen LogP contribution in [-0.4, -0.2) is 66.0 Å². The minimum atomic E-state index is -0.620. The average Bonchev–Trinajstić information content (AvgIpc) is 3.73. The van der Waals surface area contributed by atoms with Crippen molar-refractivity contribution < 1.29 is 14.3 Å². The second-order valence-corrected chi connectivity index (χ2v) is 9.99. The Balaban J connectivity index is 1.40. The van der Waals surface area contributed by atoms with Gasteiger partial charge in [-0.15, -0.1) is 0 Å². The van der Waals surface area contributed by atoms with E-state index in [0.29, 0.717) is 38.4 Å². The molecule has 5 rings (SSSR count). The quantitative estimate of drug-likeness (QED) is 0.379. The van der Waals surface area contributed by atoms with Crippen molar-refractivity contribution in [3.63, 3.8) is 0 Å². The first-order chi connectivity index (χ1) is 17.0. The molecule has 0 radical (unpaired) electrons. The number of nitrogens with zero attached hydrogens (tertiary/aromatic N) is 3. The van der Waals surface area contributed by atoms with E-state index in [1.807, 2.05) is 17.0 Å². The number of hydrogen-bond donors (Lipinski definition) is 2. The highest BCUT2D eigenvalue weighted by Gasteiger charge is 2.57. The molecule has 186 valence electrons. The van der Waals surface area contributed by atoms with Crippen LogP contribution in [0, 0.1) is 0 Å². The van der Waals surface area contributed by atoms with Crippen LogP contribution in [0.15, 0.2) is 48.5 Å². The number of hydrazine groups is 1. The van der Waals surface area contributed by atoms with Gasteiger partial charge in [-0.25, -0.2) is 10.6 Å². The van der Waals surface area contributed by atoms with Crippen LogP contribution in [0.25, 0.3) is 0 Å². The largest absolute Gasteiger partial charge is 0.497 e. The van der Waals surface area contributed by atoms with Gasteiger partial charge in [0.15, 0.2) is 0 Å². The first kappa shape index (κ1) is 23.6. The molecule has 2 heterocycles. The SMILES string of the molecule is COc1ccc(CCN2C(=O)C3(CCN(C(=O)NN)CC3)N(C)C2c2ccc(C3CC3)cc2)cc1. The Morgan fingerprint density at radius 2 is 1.69 bits per heavy atom. The van der Waals surface area contributed by atoms with Crippen molar-refractivity contribution in [2.24, 2.45) is 5.84 Å². The molecule has 3 aliphatic rings. The molecule has 2 aliphatic heterocycles. The first-order valence-corrected chi connectivity index (χ1v) is 12.5. The van der Waals surface area contributed by atoms with Gasteiger partial charge < -0.3 is 14.5 Å². The predicted molar refractivity (Wildman–Crippen MR) is 134 cm³/mol. The molecule has 3 amide bonds. The van der Waals surface area contributed by atoms with Crippen LogP contribution in [0.5, 0.6) is 5.75 Å². The van der Waals surface area contributed by atoms with Crippen molar-refractivity contribution in [2.75, 3.05) is 33.8 Å². The van der Waals surface area contributed by atoms with E-state index in [-0.39, 0.29) is 18.1 Å².